The van der Waals surface area contributed by atoms with Gasteiger partial charge >= 0.3 is 0 Å². The summed E-state index contributed by atoms with van der Waals surface area (Å²) in [7, 11) is 0. The third-order valence-electron chi connectivity index (χ3n) is 2.31. The van der Waals surface area contributed by atoms with E-state index in [1.807, 2.05) is 12.1 Å². The fraction of sp³-hybridized carbons (Fsp3) is 0.167. The maximum Gasteiger partial charge on any atom is 0.227 e. The number of hydrogen-bond donors (Lipinski definition) is 2. The molecule has 0 aliphatic carbocycles. The molecule has 94 valence electrons. The number of aromatic amines is 1. The molecule has 0 saturated heterocycles. The number of hydrogen-bond acceptors (Lipinski definition) is 2. The van der Waals surface area contributed by atoms with Gasteiger partial charge < -0.3 is 4.98 Å². The topological polar surface area (TPSA) is 57.8 Å². The summed E-state index contributed by atoms with van der Waals surface area (Å²) in [5.41, 5.74) is 1.76. The minimum absolute atomic E-state index is 0.165. The highest BCUT2D eigenvalue weighted by Gasteiger charge is 2.06. The van der Waals surface area contributed by atoms with Crippen molar-refractivity contribution in [3.05, 3.63) is 35.5 Å². The van der Waals surface area contributed by atoms with Crippen LogP contribution in [0.3, 0.4) is 0 Å². The highest BCUT2D eigenvalue weighted by molar-refractivity contribution is 6.30. The average Bonchev–Trinajstić information content (AvgIpc) is 2.78. The second-order valence-electron chi connectivity index (χ2n) is 3.64. The Bertz CT molecular complexity index is 537. The third kappa shape index (κ3) is 3.24. The van der Waals surface area contributed by atoms with Crippen molar-refractivity contribution < 1.29 is 4.79 Å². The van der Waals surface area contributed by atoms with Crippen molar-refractivity contribution in [2.75, 3.05) is 11.2 Å². The van der Waals surface area contributed by atoms with Crippen molar-refractivity contribution in [3.63, 3.8) is 0 Å². The molecule has 0 unspecified atom stereocenters. The lowest BCUT2D eigenvalue weighted by Gasteiger charge is -1.99. The van der Waals surface area contributed by atoms with Gasteiger partial charge in [-0.3, -0.25) is 10.1 Å². The number of anilines is 1. The molecule has 0 atom stereocenters. The summed E-state index contributed by atoms with van der Waals surface area (Å²) >= 11 is 11.3. The molecule has 0 fully saturated rings. The average molecular weight is 284 g/mol. The zero-order valence-electron chi connectivity index (χ0n) is 9.41. The van der Waals surface area contributed by atoms with Gasteiger partial charge in [0.1, 0.15) is 0 Å². The predicted molar refractivity (Wildman–Crippen MR) is 73.0 cm³/mol. The zero-order chi connectivity index (χ0) is 13.0. The molecule has 0 spiro atoms. The second-order valence-corrected chi connectivity index (χ2v) is 4.45. The summed E-state index contributed by atoms with van der Waals surface area (Å²) in [5.74, 6) is 0.536. The first-order chi connectivity index (χ1) is 8.69. The quantitative estimate of drug-likeness (QED) is 0.846. The minimum Gasteiger partial charge on any atom is -0.324 e. The predicted octanol–water partition coefficient (Wildman–Crippen LogP) is 3.30. The number of nitrogens with zero attached hydrogens (tertiary/aromatic N) is 1. The van der Waals surface area contributed by atoms with Gasteiger partial charge in [0, 0.05) is 17.3 Å². The van der Waals surface area contributed by atoms with Crippen LogP contribution in [0.15, 0.2) is 30.5 Å². The van der Waals surface area contributed by atoms with Gasteiger partial charge in [0.05, 0.1) is 11.9 Å². The summed E-state index contributed by atoms with van der Waals surface area (Å²) in [6.45, 7) is 0. The highest BCUT2D eigenvalue weighted by Crippen LogP contribution is 2.20. The molecule has 1 aromatic carbocycles. The smallest absolute Gasteiger partial charge is 0.227 e. The molecular formula is C12H11Cl2N3O. The summed E-state index contributed by atoms with van der Waals surface area (Å²) < 4.78 is 0. The van der Waals surface area contributed by atoms with Crippen molar-refractivity contribution >= 4 is 35.1 Å². The van der Waals surface area contributed by atoms with Crippen molar-refractivity contribution in [1.29, 1.82) is 0 Å². The Kier molecular flexibility index (Phi) is 4.23. The van der Waals surface area contributed by atoms with E-state index in [-0.39, 0.29) is 18.2 Å². The summed E-state index contributed by atoms with van der Waals surface area (Å²) in [6.07, 6.45) is 1.91. The third-order valence-corrected chi connectivity index (χ3v) is 2.75. The summed E-state index contributed by atoms with van der Waals surface area (Å²) in [4.78, 5) is 18.4. The normalized spacial score (nSPS) is 10.3. The van der Waals surface area contributed by atoms with Gasteiger partial charge in [-0.25, -0.2) is 4.98 Å². The first-order valence-electron chi connectivity index (χ1n) is 5.36. The molecule has 0 aliphatic rings. The van der Waals surface area contributed by atoms with Crippen LogP contribution in [0.1, 0.15) is 6.42 Å². The molecule has 0 radical (unpaired) electrons. The van der Waals surface area contributed by atoms with E-state index in [9.17, 15) is 4.79 Å². The number of nitrogens with one attached hydrogen (secondary N) is 2. The van der Waals surface area contributed by atoms with Gasteiger partial charge in [0.15, 0.2) is 0 Å². The fourth-order valence-electron chi connectivity index (χ4n) is 1.44. The van der Waals surface area contributed by atoms with E-state index in [1.165, 1.54) is 0 Å². The van der Waals surface area contributed by atoms with Crippen molar-refractivity contribution in [2.45, 2.75) is 6.42 Å². The maximum absolute atomic E-state index is 11.3. The van der Waals surface area contributed by atoms with Gasteiger partial charge in [-0.1, -0.05) is 23.7 Å². The van der Waals surface area contributed by atoms with Gasteiger partial charge in [0.25, 0.3) is 0 Å². The largest absolute Gasteiger partial charge is 0.324 e. The Morgan fingerprint density at radius 3 is 2.72 bits per heavy atom. The van der Waals surface area contributed by atoms with Crippen LogP contribution in [-0.4, -0.2) is 21.8 Å². The summed E-state index contributed by atoms with van der Waals surface area (Å²) in [5, 5.41) is 3.30. The monoisotopic (exact) mass is 283 g/mol. The number of halogens is 2. The van der Waals surface area contributed by atoms with E-state index in [2.05, 4.69) is 15.3 Å². The SMILES string of the molecule is O=C(CCCl)Nc1ncc(-c2ccc(Cl)cc2)[nH]1. The molecule has 0 bridgehead atoms. The molecule has 0 aliphatic heterocycles. The van der Waals surface area contributed by atoms with Crippen molar-refractivity contribution in [1.82, 2.24) is 9.97 Å². The van der Waals surface area contributed by atoms with Crippen LogP contribution in [0.2, 0.25) is 5.02 Å². The molecule has 1 aromatic heterocycles. The van der Waals surface area contributed by atoms with Crippen LogP contribution < -0.4 is 5.32 Å². The lowest BCUT2D eigenvalue weighted by atomic mass is 10.2. The number of amides is 1. The molecule has 2 N–H and O–H groups in total. The van der Waals surface area contributed by atoms with Crippen LogP contribution in [0.4, 0.5) is 5.95 Å². The Balaban J connectivity index is 2.10. The minimum atomic E-state index is -0.165. The second kappa shape index (κ2) is 5.89. The maximum atomic E-state index is 11.3. The van der Waals surface area contributed by atoms with E-state index in [4.69, 9.17) is 23.2 Å². The van der Waals surface area contributed by atoms with E-state index < -0.39 is 0 Å². The lowest BCUT2D eigenvalue weighted by molar-refractivity contribution is -0.115. The number of carbonyl (C=O) groups is 1. The fourth-order valence-corrected chi connectivity index (χ4v) is 1.74. The summed E-state index contributed by atoms with van der Waals surface area (Å²) in [6, 6.07) is 7.34. The molecule has 1 amide bonds. The van der Waals surface area contributed by atoms with E-state index in [0.29, 0.717) is 11.0 Å². The van der Waals surface area contributed by atoms with Crippen molar-refractivity contribution in [2.24, 2.45) is 0 Å². The number of imidazole rings is 1. The van der Waals surface area contributed by atoms with Crippen LogP contribution in [0, 0.1) is 0 Å². The molecule has 2 aromatic rings. The Morgan fingerprint density at radius 1 is 1.33 bits per heavy atom. The van der Waals surface area contributed by atoms with Gasteiger partial charge in [0.2, 0.25) is 11.9 Å². The molecule has 0 saturated carbocycles. The van der Waals surface area contributed by atoms with Crippen LogP contribution in [0.5, 0.6) is 0 Å². The molecule has 1 heterocycles. The number of aromatic nitrogens is 2. The zero-order valence-corrected chi connectivity index (χ0v) is 10.9. The van der Waals surface area contributed by atoms with Crippen LogP contribution in [-0.2, 0) is 4.79 Å². The van der Waals surface area contributed by atoms with Gasteiger partial charge in [-0.2, -0.15) is 0 Å². The van der Waals surface area contributed by atoms with Crippen molar-refractivity contribution in [3.8, 4) is 11.3 Å². The molecular weight excluding hydrogens is 273 g/mol. The number of H-pyrrole nitrogens is 1. The number of alkyl halides is 1. The van der Waals surface area contributed by atoms with Gasteiger partial charge in [-0.15, -0.1) is 11.6 Å². The number of benzene rings is 1. The molecule has 2 rings (SSSR count). The Labute approximate surface area is 114 Å². The Morgan fingerprint density at radius 2 is 2.06 bits per heavy atom. The molecule has 18 heavy (non-hydrogen) atoms. The number of carbonyl (C=O) groups excluding carboxylic acids is 1. The molecule has 4 nitrogen and oxygen atoms in total. The van der Waals surface area contributed by atoms with Crippen LogP contribution in [0.25, 0.3) is 11.3 Å². The molecule has 6 heteroatoms. The highest BCUT2D eigenvalue weighted by atomic mass is 35.5. The van der Waals surface area contributed by atoms with E-state index in [1.54, 1.807) is 18.3 Å². The first-order valence-corrected chi connectivity index (χ1v) is 6.27. The van der Waals surface area contributed by atoms with E-state index >= 15 is 0 Å². The lowest BCUT2D eigenvalue weighted by Crippen LogP contribution is -2.12. The van der Waals surface area contributed by atoms with Gasteiger partial charge in [-0.05, 0) is 17.7 Å². The van der Waals surface area contributed by atoms with Crippen LogP contribution >= 0.6 is 23.2 Å². The Hall–Kier alpha value is -1.52. The first kappa shape index (κ1) is 12.9. The van der Waals surface area contributed by atoms with E-state index in [0.717, 1.165) is 11.3 Å². The standard InChI is InChI=1S/C12H11Cl2N3O/c13-6-5-11(18)17-12-15-7-10(16-12)8-1-3-9(14)4-2-8/h1-4,7H,5-6H2,(H2,15,16,17,18). The number of rotatable bonds is 4.